The lowest BCUT2D eigenvalue weighted by Crippen LogP contribution is -2.59. The topological polar surface area (TPSA) is 69.6 Å². The van der Waals surface area contributed by atoms with Gasteiger partial charge in [-0.05, 0) is 0 Å². The molecule has 2 N–H and O–H groups in total. The molecule has 68 valence electrons. The van der Waals surface area contributed by atoms with Crippen LogP contribution >= 0.6 is 0 Å². The van der Waals surface area contributed by atoms with E-state index in [4.69, 9.17) is 5.11 Å². The lowest BCUT2D eigenvalue weighted by molar-refractivity contribution is -0.139. The largest absolute Gasteiger partial charge is 0.480 e. The Morgan fingerprint density at radius 3 is 2.58 bits per heavy atom. The lowest BCUT2D eigenvalue weighted by Gasteiger charge is -2.38. The van der Waals surface area contributed by atoms with E-state index in [1.807, 2.05) is 0 Å². The van der Waals surface area contributed by atoms with Crippen LogP contribution in [0.2, 0.25) is 0 Å². The van der Waals surface area contributed by atoms with Gasteiger partial charge in [-0.1, -0.05) is 0 Å². The quantitative estimate of drug-likeness (QED) is 0.566. The van der Waals surface area contributed by atoms with Gasteiger partial charge in [0.05, 0.1) is 12.6 Å². The fourth-order valence-electron chi connectivity index (χ4n) is 1.27. The van der Waals surface area contributed by atoms with Crippen LogP contribution in [-0.2, 0) is 9.59 Å². The molecule has 12 heavy (non-hydrogen) atoms. The molecule has 0 atom stereocenters. The van der Waals surface area contributed by atoms with Gasteiger partial charge < -0.3 is 10.4 Å². The van der Waals surface area contributed by atoms with E-state index >= 15 is 0 Å². The molecule has 1 aliphatic rings. The average Bonchev–Trinajstić information content (AvgIpc) is 1.80. The van der Waals surface area contributed by atoms with Crippen molar-refractivity contribution in [2.45, 2.75) is 13.0 Å². The molecule has 0 aromatic rings. The maximum Gasteiger partial charge on any atom is 0.317 e. The molecule has 0 bridgehead atoms. The van der Waals surface area contributed by atoms with Crippen LogP contribution in [0, 0.1) is 0 Å². The Morgan fingerprint density at radius 2 is 2.17 bits per heavy atom. The Labute approximate surface area is 70.4 Å². The third-order valence-corrected chi connectivity index (χ3v) is 1.72. The molecule has 5 heteroatoms. The third-order valence-electron chi connectivity index (χ3n) is 1.72. The number of carboxylic acid groups (broad SMARTS) is 1. The van der Waals surface area contributed by atoms with Gasteiger partial charge in [-0.2, -0.15) is 0 Å². The number of amides is 1. The summed E-state index contributed by atoms with van der Waals surface area (Å²) in [6, 6.07) is 0.141. The minimum absolute atomic E-state index is 0.0602. The first-order valence-corrected chi connectivity index (χ1v) is 3.79. The van der Waals surface area contributed by atoms with E-state index in [2.05, 4.69) is 5.32 Å². The fourth-order valence-corrected chi connectivity index (χ4v) is 1.27. The molecule has 1 saturated heterocycles. The van der Waals surface area contributed by atoms with Crippen molar-refractivity contribution in [1.29, 1.82) is 0 Å². The highest BCUT2D eigenvalue weighted by Gasteiger charge is 2.28. The van der Waals surface area contributed by atoms with Gasteiger partial charge in [0.25, 0.3) is 0 Å². The Morgan fingerprint density at radius 1 is 1.58 bits per heavy atom. The predicted molar refractivity (Wildman–Crippen MR) is 41.7 cm³/mol. The van der Waals surface area contributed by atoms with Gasteiger partial charge in [-0.3, -0.25) is 14.5 Å². The van der Waals surface area contributed by atoms with Crippen molar-refractivity contribution in [2.75, 3.05) is 19.6 Å². The van der Waals surface area contributed by atoms with Crippen LogP contribution < -0.4 is 5.32 Å². The first-order chi connectivity index (χ1) is 5.58. The molecule has 1 aliphatic heterocycles. The number of aliphatic carboxylic acids is 1. The van der Waals surface area contributed by atoms with Crippen molar-refractivity contribution in [3.05, 3.63) is 0 Å². The highest BCUT2D eigenvalue weighted by molar-refractivity contribution is 5.73. The van der Waals surface area contributed by atoms with Crippen LogP contribution in [0.4, 0.5) is 0 Å². The normalized spacial score (nSPS) is 18.4. The number of hydrogen-bond acceptors (Lipinski definition) is 3. The SMILES string of the molecule is CC(=O)NC1CN(CC(=O)O)C1. The van der Waals surface area contributed by atoms with Crippen molar-refractivity contribution in [1.82, 2.24) is 10.2 Å². The van der Waals surface area contributed by atoms with Crippen molar-refractivity contribution in [3.8, 4) is 0 Å². The summed E-state index contributed by atoms with van der Waals surface area (Å²) in [7, 11) is 0. The Hall–Kier alpha value is -1.10. The molecule has 0 aliphatic carbocycles. The molecule has 0 spiro atoms. The molecule has 0 saturated carbocycles. The summed E-state index contributed by atoms with van der Waals surface area (Å²) in [6.45, 7) is 2.81. The molecular formula is C7H12N2O3. The van der Waals surface area contributed by atoms with Crippen LogP contribution in [-0.4, -0.2) is 47.6 Å². The number of carbonyl (C=O) groups excluding carboxylic acids is 1. The molecule has 0 aromatic carbocycles. The van der Waals surface area contributed by atoms with Crippen LogP contribution in [0.1, 0.15) is 6.92 Å². The second-order valence-corrected chi connectivity index (χ2v) is 2.99. The van der Waals surface area contributed by atoms with Gasteiger partial charge in [-0.15, -0.1) is 0 Å². The van der Waals surface area contributed by atoms with Crippen LogP contribution in [0.3, 0.4) is 0 Å². The van der Waals surface area contributed by atoms with E-state index in [1.165, 1.54) is 6.92 Å². The number of carbonyl (C=O) groups is 2. The summed E-state index contributed by atoms with van der Waals surface area (Å²) in [5.41, 5.74) is 0. The number of hydrogen-bond donors (Lipinski definition) is 2. The van der Waals surface area contributed by atoms with E-state index in [1.54, 1.807) is 4.90 Å². The molecule has 0 aromatic heterocycles. The second-order valence-electron chi connectivity index (χ2n) is 2.99. The maximum absolute atomic E-state index is 10.5. The van der Waals surface area contributed by atoms with E-state index < -0.39 is 5.97 Å². The van der Waals surface area contributed by atoms with Gasteiger partial charge in [0, 0.05) is 20.0 Å². The van der Waals surface area contributed by atoms with Crippen molar-refractivity contribution in [2.24, 2.45) is 0 Å². The number of nitrogens with zero attached hydrogens (tertiary/aromatic N) is 1. The summed E-state index contributed by atoms with van der Waals surface area (Å²) in [6.07, 6.45) is 0. The van der Waals surface area contributed by atoms with Gasteiger partial charge in [0.15, 0.2) is 0 Å². The molecule has 1 amide bonds. The summed E-state index contributed by atoms with van der Waals surface area (Å²) in [5.74, 6) is -0.883. The second kappa shape index (κ2) is 3.53. The molecule has 1 heterocycles. The zero-order valence-electron chi connectivity index (χ0n) is 6.91. The van der Waals surface area contributed by atoms with Crippen LogP contribution in [0.25, 0.3) is 0 Å². The molecule has 0 radical (unpaired) electrons. The van der Waals surface area contributed by atoms with Crippen molar-refractivity contribution >= 4 is 11.9 Å². The Kier molecular flexibility index (Phi) is 2.65. The smallest absolute Gasteiger partial charge is 0.317 e. The Bertz CT molecular complexity index is 179. The molecule has 0 unspecified atom stereocenters. The highest BCUT2D eigenvalue weighted by atomic mass is 16.4. The fraction of sp³-hybridized carbons (Fsp3) is 0.714. The first kappa shape index (κ1) is 8.99. The first-order valence-electron chi connectivity index (χ1n) is 3.79. The van der Waals surface area contributed by atoms with Gasteiger partial charge in [0.1, 0.15) is 0 Å². The highest BCUT2D eigenvalue weighted by Crippen LogP contribution is 2.06. The summed E-state index contributed by atoms with van der Waals surface area (Å²) in [4.78, 5) is 22.5. The minimum Gasteiger partial charge on any atom is -0.480 e. The number of likely N-dealkylation sites (tertiary alicyclic amines) is 1. The van der Waals surface area contributed by atoms with Crippen LogP contribution in [0.15, 0.2) is 0 Å². The van der Waals surface area contributed by atoms with E-state index in [0.29, 0.717) is 13.1 Å². The van der Waals surface area contributed by atoms with Gasteiger partial charge in [0.2, 0.25) is 5.91 Å². The zero-order valence-corrected chi connectivity index (χ0v) is 6.91. The molecule has 1 rings (SSSR count). The van der Waals surface area contributed by atoms with Gasteiger partial charge in [-0.25, -0.2) is 0 Å². The van der Waals surface area contributed by atoms with E-state index in [9.17, 15) is 9.59 Å². The number of rotatable bonds is 3. The molecule has 1 fully saturated rings. The van der Waals surface area contributed by atoms with Gasteiger partial charge >= 0.3 is 5.97 Å². The number of nitrogens with one attached hydrogen (secondary N) is 1. The zero-order chi connectivity index (χ0) is 9.14. The lowest BCUT2D eigenvalue weighted by atomic mass is 10.1. The van der Waals surface area contributed by atoms with E-state index in [0.717, 1.165) is 0 Å². The standard InChI is InChI=1S/C7H12N2O3/c1-5(10)8-6-2-9(3-6)4-7(11)12/h6H,2-4H2,1H3,(H,8,10)(H,11,12). The Balaban J connectivity index is 2.11. The predicted octanol–water partition coefficient (Wildman–Crippen LogP) is -1.11. The summed E-state index contributed by atoms with van der Waals surface area (Å²) < 4.78 is 0. The summed E-state index contributed by atoms with van der Waals surface area (Å²) >= 11 is 0. The van der Waals surface area contributed by atoms with Crippen molar-refractivity contribution < 1.29 is 14.7 Å². The number of carboxylic acids is 1. The van der Waals surface area contributed by atoms with E-state index in [-0.39, 0.29) is 18.5 Å². The summed E-state index contributed by atoms with van der Waals surface area (Å²) in [5, 5.41) is 11.1. The monoisotopic (exact) mass is 172 g/mol. The molecule has 5 nitrogen and oxygen atoms in total. The van der Waals surface area contributed by atoms with Crippen molar-refractivity contribution in [3.63, 3.8) is 0 Å². The molecular weight excluding hydrogens is 160 g/mol. The average molecular weight is 172 g/mol. The third kappa shape index (κ3) is 2.50. The minimum atomic E-state index is -0.823. The van der Waals surface area contributed by atoms with Crippen LogP contribution in [0.5, 0.6) is 0 Å². The maximum atomic E-state index is 10.5.